The van der Waals surface area contributed by atoms with Crippen LogP contribution >= 0.6 is 0 Å². The van der Waals surface area contributed by atoms with Gasteiger partial charge in [-0.2, -0.15) is 27.8 Å². The fraction of sp³-hybridized carbons (Fsp3) is 0.440. The van der Waals surface area contributed by atoms with Crippen molar-refractivity contribution in [3.8, 4) is 6.01 Å². The van der Waals surface area contributed by atoms with Gasteiger partial charge in [0.25, 0.3) is 5.56 Å². The van der Waals surface area contributed by atoms with Crippen molar-refractivity contribution in [2.75, 3.05) is 18.5 Å². The third kappa shape index (κ3) is 4.14. The molecule has 1 aromatic carbocycles. The number of nitrogens with one attached hydrogen (secondary N) is 2. The molecule has 0 saturated heterocycles. The highest BCUT2D eigenvalue weighted by atomic mass is 19.4. The summed E-state index contributed by atoms with van der Waals surface area (Å²) in [5, 5.41) is 6.43. The zero-order valence-electron chi connectivity index (χ0n) is 20.7. The molecule has 1 aliphatic carbocycles. The Bertz CT molecular complexity index is 1600. The summed E-state index contributed by atoms with van der Waals surface area (Å²) in [6.07, 6.45) is -0.359. The molecule has 4 aromatic rings. The molecule has 2 N–H and O–H groups in total. The number of halogens is 4. The van der Waals surface area contributed by atoms with E-state index in [2.05, 4.69) is 39.4 Å². The minimum atomic E-state index is -4.71. The Balaban J connectivity index is 1.43. The van der Waals surface area contributed by atoms with Gasteiger partial charge < -0.3 is 15.1 Å². The van der Waals surface area contributed by atoms with E-state index < -0.39 is 30.4 Å². The first-order chi connectivity index (χ1) is 18.0. The van der Waals surface area contributed by atoms with Crippen LogP contribution in [0.4, 0.5) is 29.2 Å². The van der Waals surface area contributed by atoms with E-state index in [1.54, 1.807) is 0 Å². The quantitative estimate of drug-likeness (QED) is 0.359. The number of aromatic nitrogens is 5. The Morgan fingerprint density at radius 1 is 1.21 bits per heavy atom. The Labute approximate surface area is 213 Å². The number of oxazole rings is 1. The largest absolute Gasteiger partial charge is 0.430 e. The third-order valence-electron chi connectivity index (χ3n) is 7.33. The van der Waals surface area contributed by atoms with Crippen LogP contribution in [0.5, 0.6) is 0 Å². The van der Waals surface area contributed by atoms with E-state index in [9.17, 15) is 22.4 Å². The maximum Gasteiger partial charge on any atom is 0.408 e. The van der Waals surface area contributed by atoms with Gasteiger partial charge in [-0.25, -0.2) is 9.67 Å². The van der Waals surface area contributed by atoms with E-state index >= 15 is 0 Å². The summed E-state index contributed by atoms with van der Waals surface area (Å²) >= 11 is 0. The molecule has 9 nitrogen and oxygen atoms in total. The lowest BCUT2D eigenvalue weighted by atomic mass is 9.85. The molecular weight excluding hydrogens is 506 g/mol. The number of benzene rings is 1. The summed E-state index contributed by atoms with van der Waals surface area (Å²) in [7, 11) is 0. The predicted molar refractivity (Wildman–Crippen MR) is 131 cm³/mol. The van der Waals surface area contributed by atoms with Gasteiger partial charge in [-0.15, -0.1) is 0 Å². The minimum Gasteiger partial charge on any atom is -0.430 e. The van der Waals surface area contributed by atoms with Gasteiger partial charge in [-0.05, 0) is 62.9 Å². The molecule has 1 saturated carbocycles. The number of fused-ring (bicyclic) bond motifs is 2. The number of hydrogen-bond donors (Lipinski definition) is 2. The zero-order chi connectivity index (χ0) is 26.9. The van der Waals surface area contributed by atoms with Crippen LogP contribution < -0.4 is 16.2 Å². The van der Waals surface area contributed by atoms with Crippen LogP contribution in [0.3, 0.4) is 0 Å². The van der Waals surface area contributed by atoms with Crippen LogP contribution in [0.25, 0.3) is 17.0 Å². The lowest BCUT2D eigenvalue weighted by Gasteiger charge is -2.34. The molecule has 4 heterocycles. The van der Waals surface area contributed by atoms with Crippen LogP contribution in [0.2, 0.25) is 0 Å². The number of nitrogens with zero attached hydrogens (tertiary/aromatic N) is 5. The molecule has 2 aliphatic rings. The summed E-state index contributed by atoms with van der Waals surface area (Å²) in [5.74, 6) is 0.0813. The average molecular weight is 532 g/mol. The molecule has 0 radical (unpaired) electrons. The SMILES string of the molecule is CC1(C)NCCc2cc(Nc3ncc4c(=O)n(CC(F)(F)F)n(-c5nc(C6(CF)CC6)co5)c4n3)ccc21. The van der Waals surface area contributed by atoms with Crippen molar-refractivity contribution < 1.29 is 22.0 Å². The molecule has 6 rings (SSSR count). The summed E-state index contributed by atoms with van der Waals surface area (Å²) in [4.78, 5) is 25.8. The Morgan fingerprint density at radius 2 is 2.00 bits per heavy atom. The Hall–Kier alpha value is -3.74. The smallest absolute Gasteiger partial charge is 0.408 e. The molecule has 0 unspecified atom stereocenters. The van der Waals surface area contributed by atoms with Crippen molar-refractivity contribution in [2.45, 2.75) is 56.8 Å². The molecule has 0 bridgehead atoms. The fourth-order valence-electron chi connectivity index (χ4n) is 5.03. The van der Waals surface area contributed by atoms with E-state index in [1.165, 1.54) is 18.0 Å². The molecule has 3 aromatic heterocycles. The second-order valence-corrected chi connectivity index (χ2v) is 10.4. The van der Waals surface area contributed by atoms with Crippen LogP contribution in [0.15, 0.2) is 39.9 Å². The van der Waals surface area contributed by atoms with Crippen molar-refractivity contribution in [3.63, 3.8) is 0 Å². The van der Waals surface area contributed by atoms with Crippen LogP contribution in [-0.2, 0) is 23.9 Å². The average Bonchev–Trinajstić information content (AvgIpc) is 3.43. The molecular formula is C25H25F4N7O2. The van der Waals surface area contributed by atoms with Crippen LogP contribution in [0, 0.1) is 0 Å². The lowest BCUT2D eigenvalue weighted by Crippen LogP contribution is -2.42. The van der Waals surface area contributed by atoms with E-state index in [0.29, 0.717) is 28.9 Å². The van der Waals surface area contributed by atoms with Gasteiger partial charge in [0.05, 0.1) is 5.69 Å². The highest BCUT2D eigenvalue weighted by Gasteiger charge is 2.47. The maximum atomic E-state index is 13.6. The van der Waals surface area contributed by atoms with Gasteiger partial charge in [0.2, 0.25) is 5.95 Å². The molecule has 38 heavy (non-hydrogen) atoms. The fourth-order valence-corrected chi connectivity index (χ4v) is 5.03. The van der Waals surface area contributed by atoms with Gasteiger partial charge >= 0.3 is 12.2 Å². The first-order valence-electron chi connectivity index (χ1n) is 12.2. The van der Waals surface area contributed by atoms with Gasteiger partial charge in [-0.3, -0.25) is 9.18 Å². The number of anilines is 2. The molecule has 1 aliphatic heterocycles. The second kappa shape index (κ2) is 8.38. The molecule has 13 heteroatoms. The summed E-state index contributed by atoms with van der Waals surface area (Å²) in [5.41, 5.74) is 1.29. The summed E-state index contributed by atoms with van der Waals surface area (Å²) in [6.45, 7) is 2.78. The van der Waals surface area contributed by atoms with Crippen molar-refractivity contribution >= 4 is 22.7 Å². The van der Waals surface area contributed by atoms with E-state index in [0.717, 1.165) is 23.2 Å². The molecule has 200 valence electrons. The van der Waals surface area contributed by atoms with Gasteiger partial charge in [0, 0.05) is 22.8 Å². The van der Waals surface area contributed by atoms with E-state index in [1.807, 2.05) is 18.2 Å². The van der Waals surface area contributed by atoms with Crippen molar-refractivity contribution in [3.05, 3.63) is 57.8 Å². The second-order valence-electron chi connectivity index (χ2n) is 10.4. The molecule has 0 atom stereocenters. The third-order valence-corrected chi connectivity index (χ3v) is 7.33. The van der Waals surface area contributed by atoms with Gasteiger partial charge in [0.1, 0.15) is 24.9 Å². The van der Waals surface area contributed by atoms with Crippen LogP contribution in [-0.4, -0.2) is 43.7 Å². The first kappa shape index (κ1) is 24.6. The van der Waals surface area contributed by atoms with Gasteiger partial charge in [-0.1, -0.05) is 6.07 Å². The Morgan fingerprint density at radius 3 is 2.71 bits per heavy atom. The lowest BCUT2D eigenvalue weighted by molar-refractivity contribution is -0.144. The predicted octanol–water partition coefficient (Wildman–Crippen LogP) is 4.26. The first-order valence-corrected chi connectivity index (χ1v) is 12.2. The van der Waals surface area contributed by atoms with E-state index in [-0.39, 0.29) is 28.5 Å². The Kier molecular flexibility index (Phi) is 5.42. The molecule has 0 amide bonds. The molecule has 0 spiro atoms. The normalized spacial score (nSPS) is 17.9. The van der Waals surface area contributed by atoms with Crippen molar-refractivity contribution in [2.24, 2.45) is 0 Å². The maximum absolute atomic E-state index is 13.6. The van der Waals surface area contributed by atoms with Gasteiger partial charge in [0.15, 0.2) is 5.65 Å². The highest BCUT2D eigenvalue weighted by Crippen LogP contribution is 2.48. The topological polar surface area (TPSA) is 103 Å². The monoisotopic (exact) mass is 531 g/mol. The van der Waals surface area contributed by atoms with Crippen molar-refractivity contribution in [1.82, 2.24) is 29.6 Å². The standard InChI is InChI=1S/C25H25F4N7O2/c1-23(2)17-4-3-15(9-14(17)5-8-31-23)32-21-30-10-16-19(34-21)36(35(20(16)37)13-25(27,28)29)22-33-18(11-38-22)24(12-26)6-7-24/h3-4,9-11,31H,5-8,12-13H2,1-2H3,(H,30,32,34). The minimum absolute atomic E-state index is 0.0813. The van der Waals surface area contributed by atoms with Crippen molar-refractivity contribution in [1.29, 1.82) is 0 Å². The number of alkyl halides is 4. The zero-order valence-corrected chi connectivity index (χ0v) is 20.7. The number of hydrogen-bond acceptors (Lipinski definition) is 7. The highest BCUT2D eigenvalue weighted by molar-refractivity contribution is 5.76. The summed E-state index contributed by atoms with van der Waals surface area (Å²) < 4.78 is 60.7. The van der Waals surface area contributed by atoms with Crippen LogP contribution in [0.1, 0.15) is 43.5 Å². The number of rotatable bonds is 6. The molecule has 1 fully saturated rings. The summed E-state index contributed by atoms with van der Waals surface area (Å²) in [6, 6.07) is 5.56. The van der Waals surface area contributed by atoms with E-state index in [4.69, 9.17) is 4.42 Å².